The SMILES string of the molecule is CCCCOC(=O)C(OC[C@H]1O[C@@H](n2cnc3c(Cl)nc(Cl)nc32)[C@@H]2OC(C)(C)O[C@@H]21)P=O. The summed E-state index contributed by atoms with van der Waals surface area (Å²) in [4.78, 5) is 24.5. The fourth-order valence-electron chi connectivity index (χ4n) is 3.78. The van der Waals surface area contributed by atoms with Crippen LogP contribution in [0.2, 0.25) is 10.4 Å². The van der Waals surface area contributed by atoms with Crippen molar-refractivity contribution >= 4 is 48.8 Å². The van der Waals surface area contributed by atoms with Crippen LogP contribution in [0.25, 0.3) is 11.2 Å². The van der Waals surface area contributed by atoms with E-state index in [0.29, 0.717) is 17.6 Å². The Hall–Kier alpha value is -1.46. The number of rotatable bonds is 9. The molecule has 2 aliphatic heterocycles. The lowest BCUT2D eigenvalue weighted by molar-refractivity contribution is -0.203. The number of carbonyl (C=O) groups excluding carboxylic acids is 1. The van der Waals surface area contributed by atoms with Gasteiger partial charge in [0.15, 0.2) is 31.3 Å². The van der Waals surface area contributed by atoms with Gasteiger partial charge in [0, 0.05) is 0 Å². The van der Waals surface area contributed by atoms with Gasteiger partial charge in [-0.15, -0.1) is 0 Å². The van der Waals surface area contributed by atoms with Crippen LogP contribution in [0.1, 0.15) is 39.8 Å². The summed E-state index contributed by atoms with van der Waals surface area (Å²) in [6.45, 7) is 5.70. The summed E-state index contributed by atoms with van der Waals surface area (Å²) in [7, 11) is -0.506. The zero-order chi connectivity index (χ0) is 23.8. The first-order valence-electron chi connectivity index (χ1n) is 10.4. The van der Waals surface area contributed by atoms with Crippen molar-refractivity contribution in [2.24, 2.45) is 0 Å². The molecule has 5 atom stereocenters. The molecule has 0 saturated carbocycles. The lowest BCUT2D eigenvalue weighted by Crippen LogP contribution is -2.35. The summed E-state index contributed by atoms with van der Waals surface area (Å²) < 4.78 is 42.1. The van der Waals surface area contributed by atoms with Crippen molar-refractivity contribution in [3.8, 4) is 0 Å². The predicted octanol–water partition coefficient (Wildman–Crippen LogP) is 3.53. The monoisotopic (exact) mass is 520 g/mol. The molecule has 2 fully saturated rings. The summed E-state index contributed by atoms with van der Waals surface area (Å²) >= 11 is 12.1. The van der Waals surface area contributed by atoms with Gasteiger partial charge in [0.1, 0.15) is 23.8 Å². The van der Waals surface area contributed by atoms with E-state index >= 15 is 0 Å². The molecule has 33 heavy (non-hydrogen) atoms. The Morgan fingerprint density at radius 2 is 2.06 bits per heavy atom. The quantitative estimate of drug-likeness (QED) is 0.159. The van der Waals surface area contributed by atoms with Crippen LogP contribution in [0.15, 0.2) is 6.33 Å². The highest BCUT2D eigenvalue weighted by molar-refractivity contribution is 7.26. The summed E-state index contributed by atoms with van der Waals surface area (Å²) in [6.07, 6.45) is 0.671. The molecule has 11 nitrogen and oxygen atoms in total. The molecule has 2 aromatic rings. The molecule has 180 valence electrons. The van der Waals surface area contributed by atoms with E-state index in [9.17, 15) is 9.36 Å². The number of esters is 1. The number of imidazole rings is 1. The average Bonchev–Trinajstić information content (AvgIpc) is 3.40. The van der Waals surface area contributed by atoms with Crippen molar-refractivity contribution < 1.29 is 33.0 Å². The number of hydrogen-bond acceptors (Lipinski definition) is 10. The van der Waals surface area contributed by atoms with Crippen molar-refractivity contribution in [3.63, 3.8) is 0 Å². The van der Waals surface area contributed by atoms with E-state index in [1.54, 1.807) is 18.4 Å². The first-order chi connectivity index (χ1) is 15.7. The van der Waals surface area contributed by atoms with Crippen molar-refractivity contribution in [1.29, 1.82) is 0 Å². The maximum atomic E-state index is 12.1. The minimum atomic E-state index is -1.27. The molecule has 0 amide bonds. The molecule has 0 radical (unpaired) electrons. The van der Waals surface area contributed by atoms with Gasteiger partial charge in [0.25, 0.3) is 0 Å². The van der Waals surface area contributed by atoms with E-state index in [1.807, 2.05) is 6.92 Å². The van der Waals surface area contributed by atoms with Gasteiger partial charge in [-0.2, -0.15) is 4.98 Å². The third-order valence-corrected chi connectivity index (χ3v) is 6.19. The highest BCUT2D eigenvalue weighted by Gasteiger charge is 2.56. The van der Waals surface area contributed by atoms with Crippen LogP contribution < -0.4 is 0 Å². The molecule has 4 heterocycles. The van der Waals surface area contributed by atoms with E-state index in [4.69, 9.17) is 46.9 Å². The van der Waals surface area contributed by atoms with E-state index in [2.05, 4.69) is 15.0 Å². The third-order valence-electron chi connectivity index (χ3n) is 5.21. The van der Waals surface area contributed by atoms with Crippen LogP contribution >= 0.6 is 31.7 Å². The van der Waals surface area contributed by atoms with E-state index in [-0.39, 0.29) is 23.7 Å². The predicted molar refractivity (Wildman–Crippen MR) is 116 cm³/mol. The molecular weight excluding hydrogens is 498 g/mol. The van der Waals surface area contributed by atoms with Gasteiger partial charge in [-0.25, -0.2) is 14.8 Å². The second-order valence-electron chi connectivity index (χ2n) is 8.05. The first kappa shape index (κ1) is 24.7. The van der Waals surface area contributed by atoms with Gasteiger partial charge >= 0.3 is 5.97 Å². The molecule has 0 spiro atoms. The molecule has 0 N–H and O–H groups in total. The molecule has 0 aliphatic carbocycles. The Morgan fingerprint density at radius 3 is 2.79 bits per heavy atom. The van der Waals surface area contributed by atoms with Gasteiger partial charge in [0.2, 0.25) is 11.1 Å². The summed E-state index contributed by atoms with van der Waals surface area (Å²) in [5, 5.41) is 0.0764. The normalized spacial score (nSPS) is 27.2. The summed E-state index contributed by atoms with van der Waals surface area (Å²) in [5.74, 6) is -2.85. The van der Waals surface area contributed by atoms with Crippen LogP contribution in [-0.4, -0.2) is 68.6 Å². The third kappa shape index (κ3) is 5.14. The second kappa shape index (κ2) is 10.0. The Balaban J connectivity index is 1.53. The Morgan fingerprint density at radius 1 is 1.30 bits per heavy atom. The zero-order valence-electron chi connectivity index (χ0n) is 18.1. The van der Waals surface area contributed by atoms with Crippen LogP contribution in [0.4, 0.5) is 0 Å². The van der Waals surface area contributed by atoms with E-state index < -0.39 is 50.6 Å². The van der Waals surface area contributed by atoms with E-state index in [0.717, 1.165) is 6.42 Å². The maximum Gasteiger partial charge on any atom is 0.347 e. The molecule has 0 bridgehead atoms. The van der Waals surface area contributed by atoms with Crippen molar-refractivity contribution in [2.75, 3.05) is 13.2 Å². The largest absolute Gasteiger partial charge is 0.463 e. The fraction of sp³-hybridized carbons (Fsp3) is 0.684. The topological polar surface area (TPSA) is 124 Å². The molecule has 1 unspecified atom stereocenters. The lowest BCUT2D eigenvalue weighted by atomic mass is 10.1. The Bertz CT molecular complexity index is 1040. The number of ether oxygens (including phenoxy) is 5. The fourth-order valence-corrected chi connectivity index (χ4v) is 4.51. The van der Waals surface area contributed by atoms with Gasteiger partial charge in [-0.05, 0) is 31.9 Å². The zero-order valence-corrected chi connectivity index (χ0v) is 20.5. The van der Waals surface area contributed by atoms with Crippen LogP contribution in [0.5, 0.6) is 0 Å². The number of fused-ring (bicyclic) bond motifs is 2. The number of hydrogen-bond donors (Lipinski definition) is 0. The number of aromatic nitrogens is 4. The van der Waals surface area contributed by atoms with Crippen molar-refractivity contribution in [3.05, 3.63) is 16.8 Å². The van der Waals surface area contributed by atoms with Gasteiger partial charge in [-0.1, -0.05) is 24.9 Å². The molecule has 0 aromatic carbocycles. The molecular formula is C19H23Cl2N4O7P. The van der Waals surface area contributed by atoms with Crippen LogP contribution in [-0.2, 0) is 33.0 Å². The van der Waals surface area contributed by atoms with Crippen LogP contribution in [0.3, 0.4) is 0 Å². The number of unbranched alkanes of at least 4 members (excludes halogenated alkanes) is 1. The smallest absolute Gasteiger partial charge is 0.347 e. The summed E-state index contributed by atoms with van der Waals surface area (Å²) in [6, 6.07) is 0. The maximum absolute atomic E-state index is 12.1. The minimum Gasteiger partial charge on any atom is -0.463 e. The Kier molecular flexibility index (Phi) is 7.50. The second-order valence-corrected chi connectivity index (χ2v) is 9.43. The van der Waals surface area contributed by atoms with Crippen LogP contribution in [0, 0.1) is 0 Å². The molecule has 2 aliphatic rings. The number of halogens is 2. The molecule has 2 aromatic heterocycles. The minimum absolute atomic E-state index is 0.0357. The lowest BCUT2D eigenvalue weighted by Gasteiger charge is -2.25. The summed E-state index contributed by atoms with van der Waals surface area (Å²) in [5.41, 5.74) is 0.730. The van der Waals surface area contributed by atoms with E-state index in [1.165, 1.54) is 6.33 Å². The highest BCUT2D eigenvalue weighted by Crippen LogP contribution is 2.44. The number of carbonyl (C=O) groups is 1. The van der Waals surface area contributed by atoms with Crippen molar-refractivity contribution in [1.82, 2.24) is 19.5 Å². The molecule has 2 saturated heterocycles. The highest BCUT2D eigenvalue weighted by atomic mass is 35.5. The standard InChI is InChI=1S/C19H23Cl2N4O7P/c1-4-5-6-28-16(26)17(33-27)29-7-9-11-12(32-19(2,3)31-11)15(30-9)25-8-22-10-13(20)23-18(21)24-14(10)25/h8-9,11-12,15,17H,4-7H2,1-3H3/t9-,11-,12-,15-,17?/m1/s1. The first-order valence-corrected chi connectivity index (χ1v) is 12.0. The average molecular weight is 521 g/mol. The van der Waals surface area contributed by atoms with Crippen molar-refractivity contribution in [2.45, 2.75) is 69.8 Å². The molecule has 14 heteroatoms. The van der Waals surface area contributed by atoms with Gasteiger partial charge in [-0.3, -0.25) is 9.13 Å². The number of nitrogens with zero attached hydrogens (tertiary/aromatic N) is 4. The van der Waals surface area contributed by atoms with Gasteiger partial charge < -0.3 is 23.7 Å². The van der Waals surface area contributed by atoms with Gasteiger partial charge in [0.05, 0.1) is 19.5 Å². The Labute approximate surface area is 201 Å². The molecule has 4 rings (SSSR count).